The Hall–Kier alpha value is -2.10. The number of carboxylic acids is 1. The van der Waals surface area contributed by atoms with E-state index in [0.29, 0.717) is 5.56 Å². The average Bonchev–Trinajstić information content (AvgIpc) is 2.54. The maximum Gasteiger partial charge on any atom is 0.341 e. The average molecular weight is 204 g/mol. The molecule has 0 spiro atoms. The Balaban J connectivity index is 2.20. The van der Waals surface area contributed by atoms with Gasteiger partial charge >= 0.3 is 5.97 Å². The third-order valence-electron chi connectivity index (χ3n) is 2.07. The lowest BCUT2D eigenvalue weighted by Crippen LogP contribution is -2.10. The highest BCUT2D eigenvalue weighted by Gasteiger charge is 2.23. The Kier molecular flexibility index (Phi) is 2.25. The first-order valence-corrected chi connectivity index (χ1v) is 4.38. The predicted molar refractivity (Wildman–Crippen MR) is 52.3 cm³/mol. The molecule has 0 aliphatic heterocycles. The Morgan fingerprint density at radius 1 is 1.33 bits per heavy atom. The molecule has 1 aromatic carbocycles. The molecule has 0 radical (unpaired) electrons. The van der Waals surface area contributed by atoms with Crippen LogP contribution >= 0.6 is 0 Å². The maximum absolute atomic E-state index is 11.6. The highest BCUT2D eigenvalue weighted by atomic mass is 16.5. The van der Waals surface area contributed by atoms with Crippen LogP contribution in [-0.2, 0) is 9.53 Å². The SMILES string of the molecule is O=C(O)COC1=Cc2ccccc2C1=O. The van der Waals surface area contributed by atoms with E-state index in [9.17, 15) is 9.59 Å². The molecular formula is C11H8O4. The molecule has 76 valence electrons. The van der Waals surface area contributed by atoms with Gasteiger partial charge in [0, 0.05) is 5.56 Å². The van der Waals surface area contributed by atoms with E-state index < -0.39 is 12.6 Å². The number of ether oxygens (including phenoxy) is 1. The molecule has 0 amide bonds. The summed E-state index contributed by atoms with van der Waals surface area (Å²) in [5, 5.41) is 8.41. The van der Waals surface area contributed by atoms with E-state index in [1.54, 1.807) is 24.3 Å². The number of hydrogen-bond acceptors (Lipinski definition) is 3. The fourth-order valence-corrected chi connectivity index (χ4v) is 1.42. The van der Waals surface area contributed by atoms with Gasteiger partial charge in [-0.05, 0) is 11.6 Å². The third kappa shape index (κ3) is 1.74. The van der Waals surface area contributed by atoms with Gasteiger partial charge < -0.3 is 9.84 Å². The summed E-state index contributed by atoms with van der Waals surface area (Å²) in [5.74, 6) is -1.26. The lowest BCUT2D eigenvalue weighted by atomic mass is 10.1. The second-order valence-corrected chi connectivity index (χ2v) is 3.11. The molecule has 0 bridgehead atoms. The van der Waals surface area contributed by atoms with Crippen molar-refractivity contribution in [1.82, 2.24) is 0 Å². The van der Waals surface area contributed by atoms with Crippen molar-refractivity contribution in [1.29, 1.82) is 0 Å². The van der Waals surface area contributed by atoms with Crippen LogP contribution in [0.2, 0.25) is 0 Å². The van der Waals surface area contributed by atoms with E-state index >= 15 is 0 Å². The van der Waals surface area contributed by atoms with Crippen LogP contribution in [0.3, 0.4) is 0 Å². The zero-order chi connectivity index (χ0) is 10.8. The van der Waals surface area contributed by atoms with Crippen LogP contribution in [0.5, 0.6) is 0 Å². The number of fused-ring (bicyclic) bond motifs is 1. The van der Waals surface area contributed by atoms with Gasteiger partial charge in [0.05, 0.1) is 0 Å². The monoisotopic (exact) mass is 204 g/mol. The largest absolute Gasteiger partial charge is 0.479 e. The van der Waals surface area contributed by atoms with E-state index in [2.05, 4.69) is 0 Å². The van der Waals surface area contributed by atoms with Crippen LogP contribution in [0.25, 0.3) is 6.08 Å². The van der Waals surface area contributed by atoms with Gasteiger partial charge in [-0.2, -0.15) is 0 Å². The van der Waals surface area contributed by atoms with Crippen LogP contribution in [0.1, 0.15) is 15.9 Å². The van der Waals surface area contributed by atoms with Crippen molar-refractivity contribution in [2.75, 3.05) is 6.61 Å². The summed E-state index contributed by atoms with van der Waals surface area (Å²) in [7, 11) is 0. The second kappa shape index (κ2) is 3.57. The topological polar surface area (TPSA) is 63.6 Å². The van der Waals surface area contributed by atoms with E-state index in [-0.39, 0.29) is 11.5 Å². The summed E-state index contributed by atoms with van der Waals surface area (Å²) in [6.45, 7) is -0.494. The van der Waals surface area contributed by atoms with Gasteiger partial charge in [-0.25, -0.2) is 4.79 Å². The number of benzene rings is 1. The van der Waals surface area contributed by atoms with Crippen LogP contribution in [0, 0.1) is 0 Å². The Morgan fingerprint density at radius 3 is 2.73 bits per heavy atom. The smallest absolute Gasteiger partial charge is 0.341 e. The minimum atomic E-state index is -1.10. The number of hydrogen-bond donors (Lipinski definition) is 1. The molecule has 1 aliphatic carbocycles. The van der Waals surface area contributed by atoms with Gasteiger partial charge in [0.1, 0.15) is 0 Å². The molecule has 0 saturated carbocycles. The van der Waals surface area contributed by atoms with Crippen molar-refractivity contribution in [2.45, 2.75) is 0 Å². The fourth-order valence-electron chi connectivity index (χ4n) is 1.42. The van der Waals surface area contributed by atoms with Crippen LogP contribution in [-0.4, -0.2) is 23.5 Å². The summed E-state index contributed by atoms with van der Waals surface area (Å²) in [6.07, 6.45) is 1.56. The van der Waals surface area contributed by atoms with Crippen molar-refractivity contribution in [3.63, 3.8) is 0 Å². The maximum atomic E-state index is 11.6. The summed E-state index contributed by atoms with van der Waals surface area (Å²) >= 11 is 0. The molecule has 2 rings (SSSR count). The van der Waals surface area contributed by atoms with E-state index in [0.717, 1.165) is 5.56 Å². The zero-order valence-corrected chi connectivity index (χ0v) is 7.77. The standard InChI is InChI=1S/C11H8O4/c12-10(13)6-15-9-5-7-3-1-2-4-8(7)11(9)14/h1-5H,6H2,(H,12,13). The van der Waals surface area contributed by atoms with Gasteiger partial charge in [-0.15, -0.1) is 0 Å². The van der Waals surface area contributed by atoms with Crippen LogP contribution in [0.4, 0.5) is 0 Å². The quantitative estimate of drug-likeness (QED) is 0.806. The Morgan fingerprint density at radius 2 is 2.07 bits per heavy atom. The van der Waals surface area contributed by atoms with Crippen molar-refractivity contribution in [2.24, 2.45) is 0 Å². The minimum absolute atomic E-state index is 0.0959. The number of carboxylic acid groups (broad SMARTS) is 1. The number of rotatable bonds is 3. The fraction of sp³-hybridized carbons (Fsp3) is 0.0909. The molecule has 1 N–H and O–H groups in total. The van der Waals surface area contributed by atoms with Crippen molar-refractivity contribution in [3.8, 4) is 0 Å². The molecule has 1 aromatic rings. The van der Waals surface area contributed by atoms with Gasteiger partial charge in [0.2, 0.25) is 5.78 Å². The Labute approximate surface area is 85.8 Å². The number of carbonyl (C=O) groups is 2. The number of allylic oxidation sites excluding steroid dienone is 1. The van der Waals surface area contributed by atoms with Gasteiger partial charge in [-0.3, -0.25) is 4.79 Å². The van der Waals surface area contributed by atoms with Crippen LogP contribution < -0.4 is 0 Å². The molecule has 4 heteroatoms. The summed E-state index contributed by atoms with van der Waals surface area (Å²) in [6, 6.07) is 7.03. The van der Waals surface area contributed by atoms with Gasteiger partial charge in [-0.1, -0.05) is 24.3 Å². The molecule has 4 nitrogen and oxygen atoms in total. The molecule has 1 aliphatic rings. The third-order valence-corrected chi connectivity index (χ3v) is 2.07. The molecule has 0 aromatic heterocycles. The second-order valence-electron chi connectivity index (χ2n) is 3.11. The molecular weight excluding hydrogens is 196 g/mol. The van der Waals surface area contributed by atoms with Crippen molar-refractivity contribution < 1.29 is 19.4 Å². The lowest BCUT2D eigenvalue weighted by Gasteiger charge is -2.01. The summed E-state index contributed by atoms with van der Waals surface area (Å²) in [5.41, 5.74) is 1.32. The number of aliphatic carboxylic acids is 1. The number of Topliss-reactive ketones (excluding diaryl/α,β-unsaturated/α-hetero) is 1. The van der Waals surface area contributed by atoms with E-state index in [1.165, 1.54) is 0 Å². The normalized spacial score (nSPS) is 13.3. The Bertz CT molecular complexity index is 459. The number of carbonyl (C=O) groups excluding carboxylic acids is 1. The first-order chi connectivity index (χ1) is 7.18. The number of ketones is 1. The molecule has 15 heavy (non-hydrogen) atoms. The lowest BCUT2D eigenvalue weighted by molar-refractivity contribution is -0.140. The van der Waals surface area contributed by atoms with Crippen LogP contribution in [0.15, 0.2) is 30.0 Å². The van der Waals surface area contributed by atoms with E-state index in [1.807, 2.05) is 6.07 Å². The highest BCUT2D eigenvalue weighted by Crippen LogP contribution is 2.24. The van der Waals surface area contributed by atoms with Crippen molar-refractivity contribution in [3.05, 3.63) is 41.2 Å². The summed E-state index contributed by atoms with van der Waals surface area (Å²) in [4.78, 5) is 21.9. The van der Waals surface area contributed by atoms with Crippen molar-refractivity contribution >= 4 is 17.8 Å². The first-order valence-electron chi connectivity index (χ1n) is 4.38. The summed E-state index contributed by atoms with van der Waals surface area (Å²) < 4.78 is 4.87. The molecule has 0 atom stereocenters. The van der Waals surface area contributed by atoms with Gasteiger partial charge in [0.15, 0.2) is 12.4 Å². The first kappa shape index (κ1) is 9.45. The molecule has 0 saturated heterocycles. The molecule has 0 fully saturated rings. The molecule has 0 unspecified atom stereocenters. The van der Waals surface area contributed by atoms with Gasteiger partial charge in [0.25, 0.3) is 0 Å². The van der Waals surface area contributed by atoms with E-state index in [4.69, 9.17) is 9.84 Å². The highest BCUT2D eigenvalue weighted by molar-refractivity contribution is 6.16. The predicted octanol–water partition coefficient (Wildman–Crippen LogP) is 1.32. The zero-order valence-electron chi connectivity index (χ0n) is 7.77. The minimum Gasteiger partial charge on any atom is -0.479 e. The molecule has 0 heterocycles.